The molecule has 0 unspecified atom stereocenters. The molecule has 0 spiro atoms. The Morgan fingerprint density at radius 3 is 2.73 bits per heavy atom. The van der Waals surface area contributed by atoms with Gasteiger partial charge in [-0.05, 0) is 26.8 Å². The molecule has 4 rings (SSSR count). The van der Waals surface area contributed by atoms with E-state index < -0.39 is 0 Å². The molecule has 0 atom stereocenters. The van der Waals surface area contributed by atoms with Crippen molar-refractivity contribution in [1.82, 2.24) is 14.3 Å². The summed E-state index contributed by atoms with van der Waals surface area (Å²) >= 11 is 1.47. The summed E-state index contributed by atoms with van der Waals surface area (Å²) in [5.74, 6) is 1.19. The molecule has 2 aromatic heterocycles. The lowest BCUT2D eigenvalue weighted by Gasteiger charge is -2.18. The van der Waals surface area contributed by atoms with Gasteiger partial charge in [0.05, 0.1) is 10.2 Å². The summed E-state index contributed by atoms with van der Waals surface area (Å²) < 4.78 is 16.1. The monoisotopic (exact) mass is 372 g/mol. The van der Waals surface area contributed by atoms with Crippen LogP contribution in [-0.2, 0) is 6.54 Å². The predicted molar refractivity (Wildman–Crippen MR) is 99.0 cm³/mol. The minimum Gasteiger partial charge on any atom is -0.486 e. The van der Waals surface area contributed by atoms with Gasteiger partial charge < -0.3 is 14.0 Å². The van der Waals surface area contributed by atoms with Crippen LogP contribution < -0.4 is 14.3 Å². The molecule has 0 radical (unpaired) electrons. The third-order valence-electron chi connectivity index (χ3n) is 4.24. The van der Waals surface area contributed by atoms with Gasteiger partial charge in [-0.15, -0.1) is 0 Å². The van der Waals surface area contributed by atoms with Crippen molar-refractivity contribution in [2.24, 2.45) is 4.99 Å². The third kappa shape index (κ3) is 2.80. The molecule has 1 aromatic carbocycles. The van der Waals surface area contributed by atoms with Crippen molar-refractivity contribution < 1.29 is 14.3 Å². The first-order valence-corrected chi connectivity index (χ1v) is 9.45. The lowest BCUT2D eigenvalue weighted by Crippen LogP contribution is -2.18. The normalized spacial score (nSPS) is 14.4. The smallest absolute Gasteiger partial charge is 0.297 e. The van der Waals surface area contributed by atoms with Crippen LogP contribution >= 0.6 is 11.3 Å². The van der Waals surface area contributed by atoms with Crippen LogP contribution in [0.5, 0.6) is 11.5 Å². The van der Waals surface area contributed by atoms with Crippen LogP contribution in [0.25, 0.3) is 10.2 Å². The number of hydrogen-bond donors (Lipinski definition) is 0. The topological polar surface area (TPSA) is 70.6 Å². The van der Waals surface area contributed by atoms with Crippen LogP contribution in [-0.4, -0.2) is 33.5 Å². The molecule has 136 valence electrons. The average Bonchev–Trinajstić information content (AvgIpc) is 3.24. The minimum absolute atomic E-state index is 0.0980. The Labute approximate surface area is 154 Å². The second-order valence-corrected chi connectivity index (χ2v) is 7.27. The molecule has 0 fully saturated rings. The fourth-order valence-corrected chi connectivity index (χ4v) is 4.14. The quantitative estimate of drug-likeness (QED) is 0.709. The van der Waals surface area contributed by atoms with E-state index in [2.05, 4.69) is 10.1 Å². The summed E-state index contributed by atoms with van der Waals surface area (Å²) in [6.07, 6.45) is 1.63. The van der Waals surface area contributed by atoms with Crippen molar-refractivity contribution in [1.29, 1.82) is 0 Å². The van der Waals surface area contributed by atoms with Gasteiger partial charge in [-0.3, -0.25) is 9.48 Å². The van der Waals surface area contributed by atoms with E-state index in [-0.39, 0.29) is 11.9 Å². The number of amides is 1. The summed E-state index contributed by atoms with van der Waals surface area (Å²) in [7, 11) is 0. The molecule has 7 nitrogen and oxygen atoms in total. The number of ether oxygens (including phenoxy) is 2. The number of aromatic nitrogens is 3. The molecule has 0 saturated carbocycles. The first kappa shape index (κ1) is 16.8. The summed E-state index contributed by atoms with van der Waals surface area (Å²) in [6, 6.07) is 5.73. The molecule has 3 heterocycles. The minimum atomic E-state index is -0.290. The van der Waals surface area contributed by atoms with Gasteiger partial charge in [0.1, 0.15) is 18.9 Å². The molecule has 0 N–H and O–H groups in total. The Morgan fingerprint density at radius 1 is 1.31 bits per heavy atom. The van der Waals surface area contributed by atoms with Crippen molar-refractivity contribution >= 4 is 27.5 Å². The van der Waals surface area contributed by atoms with E-state index in [9.17, 15) is 4.79 Å². The Hall–Kier alpha value is -2.61. The van der Waals surface area contributed by atoms with Crippen LogP contribution in [0.1, 0.15) is 37.3 Å². The molecule has 8 heteroatoms. The Balaban J connectivity index is 1.84. The van der Waals surface area contributed by atoms with E-state index in [1.54, 1.807) is 16.9 Å². The second-order valence-electron chi connectivity index (χ2n) is 6.26. The van der Waals surface area contributed by atoms with Crippen LogP contribution in [0.3, 0.4) is 0 Å². The number of carbonyl (C=O) groups excluding carboxylic acids is 1. The van der Waals surface area contributed by atoms with Crippen LogP contribution in [0.2, 0.25) is 0 Å². The molecule has 1 aliphatic rings. The maximum absolute atomic E-state index is 12.7. The highest BCUT2D eigenvalue weighted by molar-refractivity contribution is 7.16. The van der Waals surface area contributed by atoms with Crippen molar-refractivity contribution in [3.8, 4) is 11.5 Å². The molecule has 0 aliphatic carbocycles. The second kappa shape index (κ2) is 6.60. The Bertz CT molecular complexity index is 1040. The highest BCUT2D eigenvalue weighted by Crippen LogP contribution is 2.35. The number of thiazole rings is 1. The van der Waals surface area contributed by atoms with Crippen LogP contribution in [0.15, 0.2) is 29.4 Å². The lowest BCUT2D eigenvalue weighted by molar-refractivity contribution is 0.0986. The zero-order valence-corrected chi connectivity index (χ0v) is 15.7. The average molecular weight is 372 g/mol. The first-order chi connectivity index (χ1) is 12.6. The fraction of sp³-hybridized carbons (Fsp3) is 0.389. The van der Waals surface area contributed by atoms with E-state index in [1.165, 1.54) is 11.3 Å². The van der Waals surface area contributed by atoms with Crippen molar-refractivity contribution in [2.75, 3.05) is 13.2 Å². The zero-order valence-electron chi connectivity index (χ0n) is 14.9. The highest BCUT2D eigenvalue weighted by atomic mass is 32.1. The van der Waals surface area contributed by atoms with Gasteiger partial charge in [-0.2, -0.15) is 10.1 Å². The Kier molecular flexibility index (Phi) is 4.28. The fourth-order valence-electron chi connectivity index (χ4n) is 3.04. The number of fused-ring (bicyclic) bond motifs is 2. The number of nitrogens with zero attached hydrogens (tertiary/aromatic N) is 4. The van der Waals surface area contributed by atoms with Gasteiger partial charge in [0.2, 0.25) is 0 Å². The van der Waals surface area contributed by atoms with E-state index in [4.69, 9.17) is 9.47 Å². The highest BCUT2D eigenvalue weighted by Gasteiger charge is 2.17. The molecule has 1 amide bonds. The van der Waals surface area contributed by atoms with E-state index >= 15 is 0 Å². The lowest BCUT2D eigenvalue weighted by atomic mass is 10.2. The van der Waals surface area contributed by atoms with Crippen LogP contribution in [0.4, 0.5) is 0 Å². The van der Waals surface area contributed by atoms with Gasteiger partial charge in [0, 0.05) is 30.9 Å². The molecule has 26 heavy (non-hydrogen) atoms. The Morgan fingerprint density at radius 2 is 2.04 bits per heavy atom. The SMILES string of the molecule is CCn1c(=NC(=O)c2ccnn2C(C)C)sc2cc3c(cc21)OCCO3. The van der Waals surface area contributed by atoms with Gasteiger partial charge in [-0.1, -0.05) is 11.3 Å². The first-order valence-electron chi connectivity index (χ1n) is 8.64. The standard InChI is InChI=1S/C18H20N4O3S/c1-4-21-13-9-14-15(25-8-7-24-14)10-16(13)26-18(21)20-17(23)12-5-6-19-22(12)11(2)3/h5-6,9-11H,4,7-8H2,1-3H3. The van der Waals surface area contributed by atoms with Gasteiger partial charge in [-0.25, -0.2) is 0 Å². The van der Waals surface area contributed by atoms with Crippen molar-refractivity contribution in [2.45, 2.75) is 33.4 Å². The van der Waals surface area contributed by atoms with Gasteiger partial charge >= 0.3 is 0 Å². The summed E-state index contributed by atoms with van der Waals surface area (Å²) in [5.41, 5.74) is 1.48. The van der Waals surface area contributed by atoms with E-state index in [1.807, 2.05) is 37.5 Å². The van der Waals surface area contributed by atoms with Crippen molar-refractivity contribution in [3.63, 3.8) is 0 Å². The molecule has 3 aromatic rings. The maximum Gasteiger partial charge on any atom is 0.297 e. The number of benzene rings is 1. The third-order valence-corrected chi connectivity index (χ3v) is 5.28. The number of hydrogen-bond acceptors (Lipinski definition) is 5. The van der Waals surface area contributed by atoms with E-state index in [0.717, 1.165) is 21.7 Å². The number of carbonyl (C=O) groups is 1. The zero-order chi connectivity index (χ0) is 18.3. The van der Waals surface area contributed by atoms with Gasteiger partial charge in [0.25, 0.3) is 5.91 Å². The van der Waals surface area contributed by atoms with Crippen LogP contribution in [0, 0.1) is 0 Å². The molecular weight excluding hydrogens is 352 g/mol. The molecular formula is C18H20N4O3S. The number of aryl methyl sites for hydroxylation is 1. The molecule has 0 bridgehead atoms. The largest absolute Gasteiger partial charge is 0.486 e. The number of rotatable bonds is 3. The summed E-state index contributed by atoms with van der Waals surface area (Å²) in [4.78, 5) is 17.8. The predicted octanol–water partition coefficient (Wildman–Crippen LogP) is 3.01. The van der Waals surface area contributed by atoms with Crippen molar-refractivity contribution in [3.05, 3.63) is 34.9 Å². The molecule has 1 aliphatic heterocycles. The molecule has 0 saturated heterocycles. The maximum atomic E-state index is 12.7. The van der Waals surface area contributed by atoms with Gasteiger partial charge in [0.15, 0.2) is 16.3 Å². The summed E-state index contributed by atoms with van der Waals surface area (Å²) in [6.45, 7) is 7.80. The van der Waals surface area contributed by atoms with E-state index in [0.29, 0.717) is 30.3 Å². The summed E-state index contributed by atoms with van der Waals surface area (Å²) in [5, 5.41) is 4.22.